The van der Waals surface area contributed by atoms with Crippen LogP contribution in [0.3, 0.4) is 0 Å². The van der Waals surface area contributed by atoms with E-state index in [4.69, 9.17) is 45.6 Å². The summed E-state index contributed by atoms with van der Waals surface area (Å²) < 4.78 is 0. The second-order valence-electron chi connectivity index (χ2n) is 4.03. The van der Waals surface area contributed by atoms with Gasteiger partial charge in [-0.15, -0.1) is 0 Å². The minimum Gasteiger partial charge on any atom is -0.481 e. The first-order chi connectivity index (χ1) is 9.40. The molecule has 0 radical (unpaired) electrons. The molecule has 0 atom stereocenters. The van der Waals surface area contributed by atoms with E-state index in [0.717, 1.165) is 0 Å². The van der Waals surface area contributed by atoms with Crippen molar-refractivity contribution in [1.29, 1.82) is 0 Å². The monoisotopic (exact) mass is 330 g/mol. The van der Waals surface area contributed by atoms with Gasteiger partial charge in [0.2, 0.25) is 0 Å². The Labute approximate surface area is 130 Å². The number of nitrogens with zero attached hydrogens (tertiary/aromatic N) is 1. The van der Waals surface area contributed by atoms with Gasteiger partial charge in [-0.05, 0) is 24.3 Å². The molecule has 0 fully saturated rings. The van der Waals surface area contributed by atoms with Crippen LogP contribution in [0.25, 0.3) is 11.3 Å². The summed E-state index contributed by atoms with van der Waals surface area (Å²) in [5, 5.41) is 9.65. The summed E-state index contributed by atoms with van der Waals surface area (Å²) in [6.07, 6.45) is -0.265. The molecule has 104 valence electrons. The van der Waals surface area contributed by atoms with Crippen LogP contribution in [0.15, 0.2) is 24.3 Å². The summed E-state index contributed by atoms with van der Waals surface area (Å²) in [4.78, 5) is 15.0. The smallest absolute Gasteiger partial charge is 0.309 e. The molecule has 0 spiro atoms. The van der Waals surface area contributed by atoms with E-state index in [1.54, 1.807) is 24.3 Å². The molecule has 0 saturated carbocycles. The maximum atomic E-state index is 10.8. The molecule has 2 aromatic rings. The van der Waals surface area contributed by atoms with Crippen LogP contribution in [0.2, 0.25) is 15.1 Å². The predicted octanol–water partition coefficient (Wildman–Crippen LogP) is 3.92. The van der Waals surface area contributed by atoms with Gasteiger partial charge in [-0.1, -0.05) is 34.8 Å². The molecule has 0 saturated heterocycles. The summed E-state index contributed by atoms with van der Waals surface area (Å²) in [5.74, 6) is -1.01. The highest BCUT2D eigenvalue weighted by Crippen LogP contribution is 2.37. The van der Waals surface area contributed by atoms with Gasteiger partial charge in [0.05, 0.1) is 38.6 Å². The van der Waals surface area contributed by atoms with E-state index in [1.165, 1.54) is 0 Å². The number of benzene rings is 1. The van der Waals surface area contributed by atoms with Gasteiger partial charge in [0.1, 0.15) is 0 Å². The number of rotatable bonds is 3. The molecule has 0 aliphatic carbocycles. The van der Waals surface area contributed by atoms with Crippen LogP contribution >= 0.6 is 34.8 Å². The lowest BCUT2D eigenvalue weighted by molar-refractivity contribution is -0.136. The number of hydrogen-bond donors (Lipinski definition) is 2. The van der Waals surface area contributed by atoms with E-state index >= 15 is 0 Å². The predicted molar refractivity (Wildman–Crippen MR) is 80.5 cm³/mol. The number of halogens is 3. The third-order valence-electron chi connectivity index (χ3n) is 2.64. The molecule has 20 heavy (non-hydrogen) atoms. The van der Waals surface area contributed by atoms with Gasteiger partial charge < -0.3 is 10.8 Å². The maximum Gasteiger partial charge on any atom is 0.309 e. The van der Waals surface area contributed by atoms with Crippen LogP contribution < -0.4 is 5.73 Å². The quantitative estimate of drug-likeness (QED) is 0.836. The van der Waals surface area contributed by atoms with Gasteiger partial charge in [-0.3, -0.25) is 9.78 Å². The number of hydrogen-bond acceptors (Lipinski definition) is 3. The highest BCUT2D eigenvalue weighted by atomic mass is 35.5. The number of anilines is 1. The number of nitrogen functional groups attached to an aromatic ring is 1. The molecule has 0 unspecified atom stereocenters. The van der Waals surface area contributed by atoms with Crippen molar-refractivity contribution >= 4 is 46.5 Å². The van der Waals surface area contributed by atoms with Gasteiger partial charge in [-0.25, -0.2) is 0 Å². The topological polar surface area (TPSA) is 76.2 Å². The molecular weight excluding hydrogens is 323 g/mol. The van der Waals surface area contributed by atoms with Crippen LogP contribution in [0.5, 0.6) is 0 Å². The summed E-state index contributed by atoms with van der Waals surface area (Å²) >= 11 is 18.0. The Morgan fingerprint density at radius 3 is 2.50 bits per heavy atom. The van der Waals surface area contributed by atoms with Crippen molar-refractivity contribution in [3.05, 3.63) is 45.0 Å². The SMILES string of the molecule is Nc1ccc(-c2ccc(Cl)c(Cl)c2Cl)nc1CC(=O)O. The third kappa shape index (κ3) is 2.98. The first kappa shape index (κ1) is 14.9. The molecule has 2 rings (SSSR count). The van der Waals surface area contributed by atoms with Crippen LogP contribution in [-0.4, -0.2) is 16.1 Å². The molecule has 1 aromatic heterocycles. The molecule has 7 heteroatoms. The lowest BCUT2D eigenvalue weighted by atomic mass is 10.1. The number of aromatic nitrogens is 1. The largest absolute Gasteiger partial charge is 0.481 e. The van der Waals surface area contributed by atoms with Crippen molar-refractivity contribution < 1.29 is 9.90 Å². The standard InChI is InChI=1S/C13H9Cl3N2O2/c14-7-2-1-6(12(15)13(7)16)9-4-3-8(17)10(18-9)5-11(19)20/h1-4H,5,17H2,(H,19,20). The fourth-order valence-electron chi connectivity index (χ4n) is 1.67. The van der Waals surface area contributed by atoms with Crippen molar-refractivity contribution in [1.82, 2.24) is 4.98 Å². The molecule has 0 aliphatic rings. The van der Waals surface area contributed by atoms with Crippen molar-refractivity contribution in [3.8, 4) is 11.3 Å². The zero-order valence-corrected chi connectivity index (χ0v) is 12.3. The Kier molecular flexibility index (Phi) is 4.38. The van der Waals surface area contributed by atoms with Gasteiger partial charge in [0, 0.05) is 5.56 Å². The summed E-state index contributed by atoms with van der Waals surface area (Å²) in [6.45, 7) is 0. The van der Waals surface area contributed by atoms with Crippen molar-refractivity contribution in [2.24, 2.45) is 0 Å². The molecule has 1 aromatic carbocycles. The third-order valence-corrected chi connectivity index (χ3v) is 3.93. The first-order valence-electron chi connectivity index (χ1n) is 5.51. The van der Waals surface area contributed by atoms with E-state index < -0.39 is 5.97 Å². The molecular formula is C13H9Cl3N2O2. The molecule has 0 amide bonds. The second-order valence-corrected chi connectivity index (χ2v) is 5.19. The summed E-state index contributed by atoms with van der Waals surface area (Å²) in [6, 6.07) is 6.49. The fraction of sp³-hybridized carbons (Fsp3) is 0.0769. The van der Waals surface area contributed by atoms with Gasteiger partial charge in [0.15, 0.2) is 0 Å². The number of aliphatic carboxylic acids is 1. The molecule has 0 aliphatic heterocycles. The summed E-state index contributed by atoms with van der Waals surface area (Å²) in [7, 11) is 0. The Hall–Kier alpha value is -1.49. The molecule has 3 N–H and O–H groups in total. The average Bonchev–Trinajstić information content (AvgIpc) is 2.39. The number of pyridine rings is 1. The normalized spacial score (nSPS) is 10.6. The highest BCUT2D eigenvalue weighted by molar-refractivity contribution is 6.49. The van der Waals surface area contributed by atoms with Crippen LogP contribution in [0.4, 0.5) is 5.69 Å². The highest BCUT2D eigenvalue weighted by Gasteiger charge is 2.14. The number of carboxylic acid groups (broad SMARTS) is 1. The van der Waals surface area contributed by atoms with Crippen LogP contribution in [0, 0.1) is 0 Å². The van der Waals surface area contributed by atoms with Crippen LogP contribution in [0.1, 0.15) is 5.69 Å². The Bertz CT molecular complexity index is 690. The molecule has 4 nitrogen and oxygen atoms in total. The number of carboxylic acids is 1. The van der Waals surface area contributed by atoms with Gasteiger partial charge >= 0.3 is 5.97 Å². The Morgan fingerprint density at radius 2 is 1.85 bits per heavy atom. The van der Waals surface area contributed by atoms with E-state index in [9.17, 15) is 4.79 Å². The Morgan fingerprint density at radius 1 is 1.15 bits per heavy atom. The molecule has 0 bridgehead atoms. The Balaban J connectivity index is 2.54. The first-order valence-corrected chi connectivity index (χ1v) is 6.64. The second kappa shape index (κ2) is 5.87. The average molecular weight is 332 g/mol. The zero-order chi connectivity index (χ0) is 14.9. The van der Waals surface area contributed by atoms with Gasteiger partial charge in [0.25, 0.3) is 0 Å². The van der Waals surface area contributed by atoms with E-state index in [0.29, 0.717) is 22.0 Å². The minimum atomic E-state index is -1.01. The minimum absolute atomic E-state index is 0.226. The lowest BCUT2D eigenvalue weighted by Gasteiger charge is -2.09. The zero-order valence-electron chi connectivity index (χ0n) is 10.0. The summed E-state index contributed by atoms with van der Waals surface area (Å²) in [5.41, 5.74) is 7.34. The number of nitrogens with two attached hydrogens (primary N) is 1. The van der Waals surface area contributed by atoms with E-state index in [-0.39, 0.29) is 22.2 Å². The maximum absolute atomic E-state index is 10.8. The van der Waals surface area contributed by atoms with Crippen molar-refractivity contribution in [2.75, 3.05) is 5.73 Å². The van der Waals surface area contributed by atoms with E-state index in [2.05, 4.69) is 4.98 Å². The van der Waals surface area contributed by atoms with Crippen molar-refractivity contribution in [2.45, 2.75) is 6.42 Å². The number of carbonyl (C=O) groups is 1. The van der Waals surface area contributed by atoms with E-state index in [1.807, 2.05) is 0 Å². The molecule has 1 heterocycles. The van der Waals surface area contributed by atoms with Crippen LogP contribution in [-0.2, 0) is 11.2 Å². The fourth-order valence-corrected chi connectivity index (χ4v) is 2.30. The van der Waals surface area contributed by atoms with Crippen molar-refractivity contribution in [3.63, 3.8) is 0 Å². The van der Waals surface area contributed by atoms with Gasteiger partial charge in [-0.2, -0.15) is 0 Å². The lowest BCUT2D eigenvalue weighted by Crippen LogP contribution is -2.06.